The average Bonchev–Trinajstić information content (AvgIpc) is 3.22. The van der Waals surface area contributed by atoms with Crippen molar-refractivity contribution in [1.82, 2.24) is 20.9 Å². The molecule has 3 fully saturated rings. The van der Waals surface area contributed by atoms with Crippen LogP contribution in [0.2, 0.25) is 0 Å². The molecule has 1 saturated carbocycles. The van der Waals surface area contributed by atoms with Crippen LogP contribution < -0.4 is 16.0 Å². The first-order valence-corrected chi connectivity index (χ1v) is 8.19. The third kappa shape index (κ3) is 4.17. The van der Waals surface area contributed by atoms with Crippen LogP contribution >= 0.6 is 0 Å². The number of nitrogens with one attached hydrogen (secondary N) is 3. The first-order chi connectivity index (χ1) is 10.1. The van der Waals surface area contributed by atoms with E-state index in [4.69, 9.17) is 0 Å². The van der Waals surface area contributed by atoms with Gasteiger partial charge in [0.25, 0.3) is 0 Å². The Bertz CT molecular complexity index is 402. The van der Waals surface area contributed by atoms with Gasteiger partial charge >= 0.3 is 0 Å². The number of piperidine rings is 1. The molecule has 1 aliphatic carbocycles. The number of rotatable bonds is 4. The fraction of sp³-hybridized carbons (Fsp3) is 0.867. The molecular weight excluding hydrogens is 268 g/mol. The summed E-state index contributed by atoms with van der Waals surface area (Å²) in [6, 6.07) is 0.518. The molecular formula is C15H26N4O2. The number of hydrogen-bond donors (Lipinski definition) is 3. The number of amides is 2. The van der Waals surface area contributed by atoms with Crippen molar-refractivity contribution in [2.45, 2.75) is 63.8 Å². The van der Waals surface area contributed by atoms with E-state index in [-0.39, 0.29) is 24.1 Å². The molecule has 0 aromatic rings. The summed E-state index contributed by atoms with van der Waals surface area (Å²) in [7, 11) is 0. The van der Waals surface area contributed by atoms with Crippen LogP contribution in [-0.2, 0) is 9.59 Å². The molecule has 21 heavy (non-hydrogen) atoms. The zero-order valence-corrected chi connectivity index (χ0v) is 12.7. The average molecular weight is 294 g/mol. The molecule has 6 heteroatoms. The lowest BCUT2D eigenvalue weighted by Gasteiger charge is -2.41. The van der Waals surface area contributed by atoms with E-state index in [2.05, 4.69) is 20.9 Å². The molecule has 2 unspecified atom stereocenters. The van der Waals surface area contributed by atoms with E-state index in [1.807, 2.05) is 6.92 Å². The molecule has 2 atom stereocenters. The molecule has 2 saturated heterocycles. The van der Waals surface area contributed by atoms with Gasteiger partial charge in [-0.1, -0.05) is 0 Å². The van der Waals surface area contributed by atoms with Gasteiger partial charge in [0, 0.05) is 38.0 Å². The molecule has 2 amide bonds. The minimum absolute atomic E-state index is 0.0515. The van der Waals surface area contributed by atoms with Crippen LogP contribution in [0.5, 0.6) is 0 Å². The third-order valence-electron chi connectivity index (χ3n) is 4.66. The monoisotopic (exact) mass is 294 g/mol. The van der Waals surface area contributed by atoms with Crippen molar-refractivity contribution in [2.75, 3.05) is 13.1 Å². The number of hydrogen-bond acceptors (Lipinski definition) is 4. The molecule has 6 nitrogen and oxygen atoms in total. The number of nitrogens with zero attached hydrogens (tertiary/aromatic N) is 1. The largest absolute Gasteiger partial charge is 0.353 e. The Balaban J connectivity index is 1.41. The zero-order valence-electron chi connectivity index (χ0n) is 12.7. The van der Waals surface area contributed by atoms with Gasteiger partial charge in [-0.15, -0.1) is 0 Å². The second kappa shape index (κ2) is 6.32. The molecule has 0 bridgehead atoms. The summed E-state index contributed by atoms with van der Waals surface area (Å²) in [5, 5.41) is 9.57. The Morgan fingerprint density at radius 1 is 1.29 bits per heavy atom. The maximum absolute atomic E-state index is 11.8. The van der Waals surface area contributed by atoms with Crippen molar-refractivity contribution in [3.8, 4) is 0 Å². The maximum atomic E-state index is 11.8. The first kappa shape index (κ1) is 14.8. The highest BCUT2D eigenvalue weighted by atomic mass is 16.2. The fourth-order valence-corrected chi connectivity index (χ4v) is 3.23. The summed E-state index contributed by atoms with van der Waals surface area (Å²) in [5.41, 5.74) is 0. The molecule has 0 radical (unpaired) electrons. The highest BCUT2D eigenvalue weighted by Crippen LogP contribution is 2.32. The van der Waals surface area contributed by atoms with Crippen LogP contribution in [0, 0.1) is 5.92 Å². The summed E-state index contributed by atoms with van der Waals surface area (Å²) >= 11 is 0. The van der Waals surface area contributed by atoms with Crippen LogP contribution in [-0.4, -0.2) is 48.2 Å². The van der Waals surface area contributed by atoms with Crippen LogP contribution in [0.15, 0.2) is 0 Å². The minimum atomic E-state index is -0.0515. The summed E-state index contributed by atoms with van der Waals surface area (Å²) < 4.78 is 0. The van der Waals surface area contributed by atoms with Gasteiger partial charge in [0.05, 0.1) is 0 Å². The smallest absolute Gasteiger partial charge is 0.223 e. The van der Waals surface area contributed by atoms with E-state index in [1.165, 1.54) is 12.8 Å². The maximum Gasteiger partial charge on any atom is 0.223 e. The number of carbonyl (C=O) groups is 2. The molecule has 2 aliphatic heterocycles. The van der Waals surface area contributed by atoms with E-state index < -0.39 is 0 Å². The predicted molar refractivity (Wildman–Crippen MR) is 79.2 cm³/mol. The quantitative estimate of drug-likeness (QED) is 0.690. The Kier molecular flexibility index (Phi) is 4.45. The van der Waals surface area contributed by atoms with Crippen molar-refractivity contribution in [2.24, 2.45) is 5.92 Å². The SMILES string of the molecule is CC1CC(=O)NC(N2CCC(NC(=O)CC3CC3)CC2)N1. The van der Waals surface area contributed by atoms with Gasteiger partial charge in [-0.3, -0.25) is 19.8 Å². The van der Waals surface area contributed by atoms with Gasteiger partial charge < -0.3 is 10.6 Å². The van der Waals surface area contributed by atoms with Gasteiger partial charge in [-0.05, 0) is 38.5 Å². The highest BCUT2D eigenvalue weighted by molar-refractivity contribution is 5.77. The lowest BCUT2D eigenvalue weighted by molar-refractivity contribution is -0.127. The molecule has 0 spiro atoms. The lowest BCUT2D eigenvalue weighted by atomic mass is 10.0. The van der Waals surface area contributed by atoms with Gasteiger partial charge in [-0.25, -0.2) is 0 Å². The molecule has 3 N–H and O–H groups in total. The molecule has 3 aliphatic rings. The van der Waals surface area contributed by atoms with E-state index in [0.29, 0.717) is 24.8 Å². The normalized spacial score (nSPS) is 31.8. The van der Waals surface area contributed by atoms with Gasteiger partial charge in [0.2, 0.25) is 11.8 Å². The van der Waals surface area contributed by atoms with Crippen molar-refractivity contribution >= 4 is 11.8 Å². The second-order valence-corrected chi connectivity index (χ2v) is 6.77. The van der Waals surface area contributed by atoms with Gasteiger partial charge in [0.15, 0.2) is 0 Å². The number of carbonyl (C=O) groups excluding carboxylic acids is 2. The van der Waals surface area contributed by atoms with Crippen LogP contribution in [0.4, 0.5) is 0 Å². The third-order valence-corrected chi connectivity index (χ3v) is 4.66. The lowest BCUT2D eigenvalue weighted by Crippen LogP contribution is -2.65. The summed E-state index contributed by atoms with van der Waals surface area (Å²) in [6.07, 6.45) is 5.55. The number of likely N-dealkylation sites (tertiary alicyclic amines) is 1. The van der Waals surface area contributed by atoms with Crippen LogP contribution in [0.3, 0.4) is 0 Å². The summed E-state index contributed by atoms with van der Waals surface area (Å²) in [5.74, 6) is 0.980. The Hall–Kier alpha value is -1.14. The molecule has 118 valence electrons. The Labute approximate surface area is 126 Å². The van der Waals surface area contributed by atoms with E-state index in [9.17, 15) is 9.59 Å². The first-order valence-electron chi connectivity index (χ1n) is 8.19. The Morgan fingerprint density at radius 2 is 2.00 bits per heavy atom. The molecule has 0 aromatic heterocycles. The van der Waals surface area contributed by atoms with E-state index in [0.717, 1.165) is 25.9 Å². The van der Waals surface area contributed by atoms with Crippen molar-refractivity contribution in [1.29, 1.82) is 0 Å². The fourth-order valence-electron chi connectivity index (χ4n) is 3.23. The summed E-state index contributed by atoms with van der Waals surface area (Å²) in [4.78, 5) is 25.7. The summed E-state index contributed by atoms with van der Waals surface area (Å²) in [6.45, 7) is 3.84. The molecule has 2 heterocycles. The standard InChI is InChI=1S/C15H26N4O2/c1-10-8-13(20)18-15(16-10)19-6-4-12(5-7-19)17-14(21)9-11-2-3-11/h10-12,15-16H,2-9H2,1H3,(H,17,21)(H,18,20). The van der Waals surface area contributed by atoms with Crippen LogP contribution in [0.1, 0.15) is 45.4 Å². The highest BCUT2D eigenvalue weighted by Gasteiger charge is 2.31. The second-order valence-electron chi connectivity index (χ2n) is 6.77. The van der Waals surface area contributed by atoms with E-state index >= 15 is 0 Å². The van der Waals surface area contributed by atoms with Gasteiger partial charge in [0.1, 0.15) is 6.29 Å². The van der Waals surface area contributed by atoms with Crippen LogP contribution in [0.25, 0.3) is 0 Å². The topological polar surface area (TPSA) is 73.5 Å². The predicted octanol–water partition coefficient (Wildman–Crippen LogP) is 0.149. The molecule has 0 aromatic carbocycles. The Morgan fingerprint density at radius 3 is 2.62 bits per heavy atom. The van der Waals surface area contributed by atoms with Gasteiger partial charge in [-0.2, -0.15) is 0 Å². The van der Waals surface area contributed by atoms with Crippen molar-refractivity contribution < 1.29 is 9.59 Å². The van der Waals surface area contributed by atoms with Crippen molar-refractivity contribution in [3.05, 3.63) is 0 Å². The van der Waals surface area contributed by atoms with E-state index in [1.54, 1.807) is 0 Å². The molecule has 3 rings (SSSR count). The zero-order chi connectivity index (χ0) is 14.8. The minimum Gasteiger partial charge on any atom is -0.353 e. The van der Waals surface area contributed by atoms with Crippen molar-refractivity contribution in [3.63, 3.8) is 0 Å².